The lowest BCUT2D eigenvalue weighted by Crippen LogP contribution is -2.12. The van der Waals surface area contributed by atoms with Gasteiger partial charge in [0.1, 0.15) is 0 Å². The van der Waals surface area contributed by atoms with Crippen molar-refractivity contribution in [3.8, 4) is 5.95 Å². The molecule has 0 unspecified atom stereocenters. The molecule has 1 aromatic carbocycles. The second-order valence-corrected chi connectivity index (χ2v) is 4.62. The second-order valence-electron chi connectivity index (χ2n) is 4.19. The number of benzene rings is 1. The molecule has 104 valence electrons. The first kappa shape index (κ1) is 13.3. The van der Waals surface area contributed by atoms with Gasteiger partial charge < -0.3 is 5.32 Å². The number of amides is 1. The van der Waals surface area contributed by atoms with E-state index in [2.05, 4.69) is 20.4 Å². The van der Waals surface area contributed by atoms with Gasteiger partial charge in [-0.2, -0.15) is 5.10 Å². The van der Waals surface area contributed by atoms with Crippen LogP contribution in [0.3, 0.4) is 0 Å². The molecular weight excluding hydrogens is 290 g/mol. The quantitative estimate of drug-likeness (QED) is 0.806. The Hall–Kier alpha value is -2.73. The molecule has 1 N–H and O–H groups in total. The van der Waals surface area contributed by atoms with Gasteiger partial charge in [-0.25, -0.2) is 14.6 Å². The molecule has 7 heteroatoms. The molecule has 0 fully saturated rings. The minimum atomic E-state index is -0.270. The van der Waals surface area contributed by atoms with Gasteiger partial charge in [-0.3, -0.25) is 4.79 Å². The summed E-state index contributed by atoms with van der Waals surface area (Å²) in [6.45, 7) is 0. The minimum absolute atomic E-state index is 0.270. The van der Waals surface area contributed by atoms with Crippen LogP contribution >= 0.6 is 11.6 Å². The van der Waals surface area contributed by atoms with Gasteiger partial charge >= 0.3 is 0 Å². The number of carbonyl (C=O) groups is 1. The van der Waals surface area contributed by atoms with Crippen LogP contribution in [0.15, 0.2) is 55.1 Å². The van der Waals surface area contributed by atoms with Crippen LogP contribution in [0.1, 0.15) is 10.4 Å². The highest BCUT2D eigenvalue weighted by Crippen LogP contribution is 2.13. The Morgan fingerprint density at radius 3 is 2.67 bits per heavy atom. The van der Waals surface area contributed by atoms with E-state index in [1.165, 1.54) is 17.1 Å². The fourth-order valence-corrected chi connectivity index (χ4v) is 1.91. The summed E-state index contributed by atoms with van der Waals surface area (Å²) in [5.74, 6) is 0.161. The standard InChI is InChI=1S/C14H10ClN5O/c15-11-4-1-3-10(7-11)13(21)19-12-8-16-14(17-9-12)20-6-2-5-18-20/h1-9H,(H,19,21). The van der Waals surface area contributed by atoms with E-state index in [1.807, 2.05) is 0 Å². The monoisotopic (exact) mass is 299 g/mol. The van der Waals surface area contributed by atoms with Crippen LogP contribution in [0.25, 0.3) is 5.95 Å². The first-order chi connectivity index (χ1) is 10.2. The maximum Gasteiger partial charge on any atom is 0.255 e. The number of nitrogens with zero attached hydrogens (tertiary/aromatic N) is 4. The molecule has 0 aliphatic heterocycles. The summed E-state index contributed by atoms with van der Waals surface area (Å²) in [5, 5.41) is 7.24. The molecule has 1 amide bonds. The molecule has 0 saturated carbocycles. The van der Waals surface area contributed by atoms with Gasteiger partial charge in [-0.15, -0.1) is 0 Å². The highest BCUT2D eigenvalue weighted by Gasteiger charge is 2.07. The third-order valence-electron chi connectivity index (χ3n) is 2.69. The number of hydrogen-bond donors (Lipinski definition) is 1. The van der Waals surface area contributed by atoms with Gasteiger partial charge in [0.05, 0.1) is 18.1 Å². The van der Waals surface area contributed by atoms with Crippen LogP contribution in [0.4, 0.5) is 5.69 Å². The molecule has 0 atom stereocenters. The number of halogens is 1. The largest absolute Gasteiger partial charge is 0.319 e. The van der Waals surface area contributed by atoms with E-state index in [1.54, 1.807) is 42.7 Å². The third-order valence-corrected chi connectivity index (χ3v) is 2.93. The van der Waals surface area contributed by atoms with Crippen LogP contribution < -0.4 is 5.32 Å². The predicted octanol–water partition coefficient (Wildman–Crippen LogP) is 2.57. The molecule has 3 rings (SSSR count). The molecule has 0 saturated heterocycles. The summed E-state index contributed by atoms with van der Waals surface area (Å²) in [6.07, 6.45) is 6.41. The maximum absolute atomic E-state index is 12.0. The summed E-state index contributed by atoms with van der Waals surface area (Å²) >= 11 is 5.86. The topological polar surface area (TPSA) is 72.7 Å². The van der Waals surface area contributed by atoms with Crippen LogP contribution in [0.5, 0.6) is 0 Å². The highest BCUT2D eigenvalue weighted by molar-refractivity contribution is 6.31. The molecule has 0 radical (unpaired) electrons. The van der Waals surface area contributed by atoms with E-state index in [-0.39, 0.29) is 5.91 Å². The third kappa shape index (κ3) is 3.06. The number of nitrogens with one attached hydrogen (secondary N) is 1. The fraction of sp³-hybridized carbons (Fsp3) is 0. The fourth-order valence-electron chi connectivity index (χ4n) is 1.72. The predicted molar refractivity (Wildman–Crippen MR) is 78.6 cm³/mol. The van der Waals surface area contributed by atoms with Crippen LogP contribution in [-0.2, 0) is 0 Å². The Morgan fingerprint density at radius 2 is 2.00 bits per heavy atom. The smallest absolute Gasteiger partial charge is 0.255 e. The molecular formula is C14H10ClN5O. The Labute approximate surface area is 125 Å². The van der Waals surface area contributed by atoms with Gasteiger partial charge in [-0.05, 0) is 24.3 Å². The number of carbonyl (C=O) groups excluding carboxylic acids is 1. The lowest BCUT2D eigenvalue weighted by molar-refractivity contribution is 0.102. The zero-order chi connectivity index (χ0) is 14.7. The molecule has 0 aliphatic carbocycles. The van der Waals surface area contributed by atoms with Gasteiger partial charge in [0, 0.05) is 23.0 Å². The number of anilines is 1. The van der Waals surface area contributed by atoms with E-state index >= 15 is 0 Å². The lowest BCUT2D eigenvalue weighted by atomic mass is 10.2. The van der Waals surface area contributed by atoms with E-state index < -0.39 is 0 Å². The Morgan fingerprint density at radius 1 is 1.19 bits per heavy atom. The number of hydrogen-bond acceptors (Lipinski definition) is 4. The average molecular weight is 300 g/mol. The van der Waals surface area contributed by atoms with E-state index in [0.717, 1.165) is 0 Å². The van der Waals surface area contributed by atoms with Crippen molar-refractivity contribution in [1.82, 2.24) is 19.7 Å². The van der Waals surface area contributed by atoms with Crippen molar-refractivity contribution in [3.63, 3.8) is 0 Å². The lowest BCUT2D eigenvalue weighted by Gasteiger charge is -2.05. The summed E-state index contributed by atoms with van der Waals surface area (Å²) in [6, 6.07) is 8.48. The summed E-state index contributed by atoms with van der Waals surface area (Å²) < 4.78 is 1.53. The zero-order valence-corrected chi connectivity index (χ0v) is 11.5. The van der Waals surface area contributed by atoms with Crippen LogP contribution in [0, 0.1) is 0 Å². The SMILES string of the molecule is O=C(Nc1cnc(-n2cccn2)nc1)c1cccc(Cl)c1. The van der Waals surface area contributed by atoms with Crippen molar-refractivity contribution in [1.29, 1.82) is 0 Å². The van der Waals surface area contributed by atoms with Crippen LogP contribution in [0.2, 0.25) is 5.02 Å². The molecule has 2 aromatic heterocycles. The van der Waals surface area contributed by atoms with Gasteiger partial charge in [0.25, 0.3) is 11.9 Å². The minimum Gasteiger partial charge on any atom is -0.319 e. The maximum atomic E-state index is 12.0. The van der Waals surface area contributed by atoms with Crippen molar-refractivity contribution in [2.45, 2.75) is 0 Å². The normalized spacial score (nSPS) is 10.3. The molecule has 0 spiro atoms. The summed E-state index contributed by atoms with van der Waals surface area (Å²) in [5.41, 5.74) is 0.967. The number of rotatable bonds is 3. The van der Waals surface area contributed by atoms with E-state index in [9.17, 15) is 4.79 Å². The van der Waals surface area contributed by atoms with Crippen LogP contribution in [-0.4, -0.2) is 25.7 Å². The van der Waals surface area contributed by atoms with E-state index in [0.29, 0.717) is 22.2 Å². The van der Waals surface area contributed by atoms with Gasteiger partial charge in [-0.1, -0.05) is 17.7 Å². The summed E-state index contributed by atoms with van der Waals surface area (Å²) in [4.78, 5) is 20.3. The molecule has 0 bridgehead atoms. The molecule has 3 aromatic rings. The Kier molecular flexibility index (Phi) is 3.61. The van der Waals surface area contributed by atoms with Gasteiger partial charge in [0.15, 0.2) is 0 Å². The summed E-state index contributed by atoms with van der Waals surface area (Å²) in [7, 11) is 0. The zero-order valence-electron chi connectivity index (χ0n) is 10.8. The average Bonchev–Trinajstić information content (AvgIpc) is 3.02. The molecule has 21 heavy (non-hydrogen) atoms. The highest BCUT2D eigenvalue weighted by atomic mass is 35.5. The molecule has 6 nitrogen and oxygen atoms in total. The Bertz CT molecular complexity index is 755. The molecule has 0 aliphatic rings. The van der Waals surface area contributed by atoms with Crippen molar-refractivity contribution in [2.24, 2.45) is 0 Å². The first-order valence-corrected chi connectivity index (χ1v) is 6.49. The first-order valence-electron chi connectivity index (χ1n) is 6.11. The second kappa shape index (κ2) is 5.72. The number of aromatic nitrogens is 4. The Balaban J connectivity index is 1.75. The van der Waals surface area contributed by atoms with Crippen molar-refractivity contribution in [3.05, 3.63) is 65.7 Å². The van der Waals surface area contributed by atoms with Crippen molar-refractivity contribution >= 4 is 23.2 Å². The van der Waals surface area contributed by atoms with E-state index in [4.69, 9.17) is 11.6 Å². The van der Waals surface area contributed by atoms with Crippen molar-refractivity contribution in [2.75, 3.05) is 5.32 Å². The van der Waals surface area contributed by atoms with Gasteiger partial charge in [0.2, 0.25) is 0 Å². The van der Waals surface area contributed by atoms with Crippen molar-refractivity contribution < 1.29 is 4.79 Å². The molecule has 2 heterocycles.